The van der Waals surface area contributed by atoms with Gasteiger partial charge in [0.15, 0.2) is 0 Å². The van der Waals surface area contributed by atoms with Crippen molar-refractivity contribution in [2.45, 2.75) is 50.2 Å². The molecule has 2 fully saturated rings. The van der Waals surface area contributed by atoms with E-state index in [1.165, 1.54) is 11.3 Å². The highest BCUT2D eigenvalue weighted by atomic mass is 32.1. The fourth-order valence-electron chi connectivity index (χ4n) is 3.68. The first-order chi connectivity index (χ1) is 10.3. The van der Waals surface area contributed by atoms with Crippen molar-refractivity contribution >= 4 is 11.3 Å². The van der Waals surface area contributed by atoms with Crippen LogP contribution in [0.2, 0.25) is 0 Å². The van der Waals surface area contributed by atoms with Crippen LogP contribution >= 0.6 is 11.3 Å². The second-order valence-electron chi connectivity index (χ2n) is 6.33. The van der Waals surface area contributed by atoms with Crippen LogP contribution in [0.15, 0.2) is 17.5 Å². The number of thiophene rings is 1. The summed E-state index contributed by atoms with van der Waals surface area (Å²) in [6.45, 7) is 2.44. The smallest absolute Gasteiger partial charge is 0.0939 e. The number of hydrazine groups is 1. The monoisotopic (exact) mass is 310 g/mol. The molecule has 3 unspecified atom stereocenters. The molecule has 3 atom stereocenters. The third-order valence-electron chi connectivity index (χ3n) is 4.90. The number of ether oxygens (including phenoxy) is 2. The van der Waals surface area contributed by atoms with Gasteiger partial charge in [0.25, 0.3) is 0 Å². The summed E-state index contributed by atoms with van der Waals surface area (Å²) in [6, 6.07) is 4.74. The van der Waals surface area contributed by atoms with Crippen LogP contribution in [-0.4, -0.2) is 31.5 Å². The van der Waals surface area contributed by atoms with Crippen molar-refractivity contribution in [1.82, 2.24) is 5.43 Å². The van der Waals surface area contributed by atoms with Crippen LogP contribution in [0.1, 0.15) is 37.0 Å². The van der Waals surface area contributed by atoms with E-state index in [1.54, 1.807) is 0 Å². The Bertz CT molecular complexity index is 418. The van der Waals surface area contributed by atoms with Crippen molar-refractivity contribution in [1.29, 1.82) is 0 Å². The van der Waals surface area contributed by atoms with Gasteiger partial charge in [0, 0.05) is 30.6 Å². The number of nitrogens with two attached hydrogens (primary N) is 1. The van der Waals surface area contributed by atoms with Crippen LogP contribution in [0.3, 0.4) is 0 Å². The molecule has 1 spiro atoms. The Morgan fingerprint density at radius 2 is 2.43 bits per heavy atom. The molecule has 118 valence electrons. The van der Waals surface area contributed by atoms with Gasteiger partial charge in [-0.2, -0.15) is 0 Å². The molecule has 5 heteroatoms. The summed E-state index contributed by atoms with van der Waals surface area (Å²) in [5.41, 5.74) is 3.04. The largest absolute Gasteiger partial charge is 0.378 e. The maximum Gasteiger partial charge on any atom is 0.0939 e. The van der Waals surface area contributed by atoms with Gasteiger partial charge >= 0.3 is 0 Å². The third-order valence-corrected chi connectivity index (χ3v) is 5.84. The van der Waals surface area contributed by atoms with Crippen LogP contribution in [0.4, 0.5) is 0 Å². The number of aryl methyl sites for hydroxylation is 1. The quantitative estimate of drug-likeness (QED) is 0.626. The Balaban J connectivity index is 1.50. The van der Waals surface area contributed by atoms with Crippen molar-refractivity contribution in [3.8, 4) is 0 Å². The molecule has 4 nitrogen and oxygen atoms in total. The normalized spacial score (nSPS) is 30.8. The standard InChI is InChI=1S/C16H26N2O2S/c17-18-15(5-1-3-14-4-2-10-21-14)13-6-8-20-16(11-13)7-9-19-12-16/h2,4,10,13,15,18H,1,3,5-9,11-12,17H2. The van der Waals surface area contributed by atoms with Crippen LogP contribution in [0.25, 0.3) is 0 Å². The van der Waals surface area contributed by atoms with Gasteiger partial charge in [-0.1, -0.05) is 6.07 Å². The number of rotatable bonds is 6. The van der Waals surface area contributed by atoms with Crippen molar-refractivity contribution in [2.24, 2.45) is 11.8 Å². The van der Waals surface area contributed by atoms with E-state index in [4.69, 9.17) is 15.3 Å². The summed E-state index contributed by atoms with van der Waals surface area (Å²) in [5, 5.41) is 2.15. The van der Waals surface area contributed by atoms with Gasteiger partial charge < -0.3 is 9.47 Å². The lowest BCUT2D eigenvalue weighted by Gasteiger charge is -2.40. The van der Waals surface area contributed by atoms with E-state index in [0.717, 1.165) is 51.9 Å². The molecule has 3 heterocycles. The van der Waals surface area contributed by atoms with Gasteiger partial charge in [0.1, 0.15) is 0 Å². The van der Waals surface area contributed by atoms with Gasteiger partial charge in [-0.05, 0) is 49.5 Å². The summed E-state index contributed by atoms with van der Waals surface area (Å²) in [7, 11) is 0. The molecule has 0 aromatic carbocycles. The molecule has 0 amide bonds. The molecular weight excluding hydrogens is 284 g/mol. The number of hydrogen-bond donors (Lipinski definition) is 2. The minimum Gasteiger partial charge on any atom is -0.378 e. The van der Waals surface area contributed by atoms with Crippen LogP contribution < -0.4 is 11.3 Å². The molecule has 2 aliphatic heterocycles. The van der Waals surface area contributed by atoms with Gasteiger partial charge in [0.05, 0.1) is 12.2 Å². The summed E-state index contributed by atoms with van der Waals surface area (Å²) >= 11 is 1.84. The Kier molecular flexibility index (Phi) is 5.29. The molecule has 0 bridgehead atoms. The zero-order valence-corrected chi connectivity index (χ0v) is 13.4. The predicted molar refractivity (Wildman–Crippen MR) is 85.2 cm³/mol. The first-order valence-electron chi connectivity index (χ1n) is 8.01. The molecule has 0 aliphatic carbocycles. The highest BCUT2D eigenvalue weighted by molar-refractivity contribution is 7.09. The molecule has 3 rings (SSSR count). The van der Waals surface area contributed by atoms with Gasteiger partial charge in [-0.3, -0.25) is 11.3 Å². The Morgan fingerprint density at radius 1 is 1.48 bits per heavy atom. The Labute approximate surface area is 131 Å². The van der Waals surface area contributed by atoms with E-state index in [1.807, 2.05) is 11.3 Å². The van der Waals surface area contributed by atoms with Gasteiger partial charge in [-0.15, -0.1) is 11.3 Å². The highest BCUT2D eigenvalue weighted by Crippen LogP contribution is 2.37. The fourth-order valence-corrected chi connectivity index (χ4v) is 4.43. The number of nitrogens with one attached hydrogen (secondary N) is 1. The maximum atomic E-state index is 6.02. The summed E-state index contributed by atoms with van der Waals surface area (Å²) < 4.78 is 11.6. The zero-order valence-electron chi connectivity index (χ0n) is 12.6. The van der Waals surface area contributed by atoms with E-state index in [0.29, 0.717) is 12.0 Å². The van der Waals surface area contributed by atoms with Crippen molar-refractivity contribution in [2.75, 3.05) is 19.8 Å². The van der Waals surface area contributed by atoms with E-state index in [-0.39, 0.29) is 5.60 Å². The summed E-state index contributed by atoms with van der Waals surface area (Å²) in [5.74, 6) is 6.44. The molecule has 0 saturated carbocycles. The molecule has 2 aliphatic rings. The maximum absolute atomic E-state index is 6.02. The molecule has 1 aromatic heterocycles. The molecule has 3 N–H and O–H groups in total. The Hall–Kier alpha value is -0.460. The predicted octanol–water partition coefficient (Wildman–Crippen LogP) is 2.49. The highest BCUT2D eigenvalue weighted by Gasteiger charge is 2.42. The SMILES string of the molecule is NNC(CCCc1cccs1)C1CCOC2(CCOC2)C1. The molecule has 2 saturated heterocycles. The lowest BCUT2D eigenvalue weighted by Crippen LogP contribution is -2.49. The fraction of sp³-hybridized carbons (Fsp3) is 0.750. The minimum atomic E-state index is -0.0221. The lowest BCUT2D eigenvalue weighted by atomic mass is 9.80. The third kappa shape index (κ3) is 3.85. The van der Waals surface area contributed by atoms with Crippen molar-refractivity contribution in [3.05, 3.63) is 22.4 Å². The first-order valence-corrected chi connectivity index (χ1v) is 8.89. The topological polar surface area (TPSA) is 56.5 Å². The van der Waals surface area contributed by atoms with E-state index >= 15 is 0 Å². The van der Waals surface area contributed by atoms with Crippen LogP contribution in [-0.2, 0) is 15.9 Å². The van der Waals surface area contributed by atoms with E-state index in [2.05, 4.69) is 22.9 Å². The average molecular weight is 310 g/mol. The van der Waals surface area contributed by atoms with Crippen molar-refractivity contribution in [3.63, 3.8) is 0 Å². The first kappa shape index (κ1) is 15.4. The van der Waals surface area contributed by atoms with E-state index < -0.39 is 0 Å². The van der Waals surface area contributed by atoms with Gasteiger partial charge in [0.2, 0.25) is 0 Å². The average Bonchev–Trinajstić information content (AvgIpc) is 3.16. The van der Waals surface area contributed by atoms with Crippen LogP contribution in [0.5, 0.6) is 0 Å². The number of hydrogen-bond acceptors (Lipinski definition) is 5. The summed E-state index contributed by atoms with van der Waals surface area (Å²) in [4.78, 5) is 1.47. The minimum absolute atomic E-state index is 0.0221. The molecule has 21 heavy (non-hydrogen) atoms. The zero-order chi connectivity index (χ0) is 14.5. The summed E-state index contributed by atoms with van der Waals surface area (Å²) in [6.07, 6.45) is 6.71. The molecular formula is C16H26N2O2S. The Morgan fingerprint density at radius 3 is 3.14 bits per heavy atom. The molecule has 1 aromatic rings. The second-order valence-corrected chi connectivity index (χ2v) is 7.36. The lowest BCUT2D eigenvalue weighted by molar-refractivity contribution is -0.103. The molecule has 0 radical (unpaired) electrons. The van der Waals surface area contributed by atoms with Crippen LogP contribution in [0, 0.1) is 5.92 Å². The van der Waals surface area contributed by atoms with Crippen molar-refractivity contribution < 1.29 is 9.47 Å². The second kappa shape index (κ2) is 7.20. The van der Waals surface area contributed by atoms with Gasteiger partial charge in [-0.25, -0.2) is 0 Å². The van der Waals surface area contributed by atoms with E-state index in [9.17, 15) is 0 Å².